The van der Waals surface area contributed by atoms with Gasteiger partial charge in [0.2, 0.25) is 0 Å². The van der Waals surface area contributed by atoms with Crippen LogP contribution in [0.5, 0.6) is 5.75 Å². The number of aromatic nitrogens is 1. The highest BCUT2D eigenvalue weighted by Crippen LogP contribution is 2.26. The number of fused-ring (bicyclic) bond motifs is 1. The minimum Gasteiger partial charge on any atom is -0.464 e. The number of rotatable bonds is 2. The van der Waals surface area contributed by atoms with Gasteiger partial charge in [-0.1, -0.05) is 22.2 Å². The first kappa shape index (κ1) is 11.3. The molecule has 0 saturated heterocycles. The molecule has 3 aromatic rings. The molecule has 1 amide bonds. The standard InChI is InChI=1S/C14H10N2O3/c17-14(15-16-8-2-1-3-9-16)19-13-6-4-5-12-11(13)7-10-18-12/h1-10H/p+1. The summed E-state index contributed by atoms with van der Waals surface area (Å²) in [6.45, 7) is 0. The van der Waals surface area contributed by atoms with Crippen LogP contribution in [0, 0.1) is 0 Å². The number of hydrogen-bond acceptors (Lipinski definition) is 3. The van der Waals surface area contributed by atoms with Gasteiger partial charge in [0.05, 0.1) is 11.6 Å². The van der Waals surface area contributed by atoms with E-state index in [9.17, 15) is 4.79 Å². The molecule has 94 valence electrons. The van der Waals surface area contributed by atoms with Crippen molar-refractivity contribution < 1.29 is 18.6 Å². The van der Waals surface area contributed by atoms with Gasteiger partial charge in [-0.3, -0.25) is 0 Å². The Hall–Kier alpha value is -2.82. The maximum Gasteiger partial charge on any atom is 0.466 e. The molecule has 0 spiro atoms. The maximum atomic E-state index is 11.8. The lowest BCUT2D eigenvalue weighted by Crippen LogP contribution is -2.48. The first-order valence-corrected chi connectivity index (χ1v) is 5.74. The van der Waals surface area contributed by atoms with Crippen LogP contribution in [-0.4, -0.2) is 6.09 Å². The molecule has 0 aliphatic rings. The van der Waals surface area contributed by atoms with Gasteiger partial charge < -0.3 is 9.15 Å². The Morgan fingerprint density at radius 2 is 1.95 bits per heavy atom. The van der Waals surface area contributed by atoms with Crippen molar-refractivity contribution in [3.63, 3.8) is 0 Å². The fraction of sp³-hybridized carbons (Fsp3) is 0. The summed E-state index contributed by atoms with van der Waals surface area (Å²) in [5, 5.41) is 0.760. The van der Waals surface area contributed by atoms with Gasteiger partial charge in [-0.2, -0.15) is 0 Å². The molecule has 1 aromatic carbocycles. The summed E-state index contributed by atoms with van der Waals surface area (Å²) in [5.74, 6) is 0.459. The minimum absolute atomic E-state index is 0.459. The van der Waals surface area contributed by atoms with E-state index in [0.29, 0.717) is 11.3 Å². The lowest BCUT2D eigenvalue weighted by molar-refractivity contribution is -0.642. The number of benzene rings is 1. The van der Waals surface area contributed by atoms with E-state index in [1.807, 2.05) is 12.1 Å². The summed E-state index contributed by atoms with van der Waals surface area (Å²) in [6, 6.07) is 12.5. The van der Waals surface area contributed by atoms with Gasteiger partial charge in [0, 0.05) is 12.1 Å². The number of ether oxygens (including phenoxy) is 1. The van der Waals surface area contributed by atoms with E-state index in [4.69, 9.17) is 9.15 Å². The largest absolute Gasteiger partial charge is 0.466 e. The molecule has 1 N–H and O–H groups in total. The summed E-state index contributed by atoms with van der Waals surface area (Å²) >= 11 is 0. The Labute approximate surface area is 109 Å². The molecule has 2 heterocycles. The van der Waals surface area contributed by atoms with E-state index in [0.717, 1.165) is 5.39 Å². The third-order valence-electron chi connectivity index (χ3n) is 2.59. The predicted molar refractivity (Wildman–Crippen MR) is 68.2 cm³/mol. The second-order valence-electron chi connectivity index (χ2n) is 3.87. The first-order chi connectivity index (χ1) is 9.33. The lowest BCUT2D eigenvalue weighted by Gasteiger charge is -2.03. The highest BCUT2D eigenvalue weighted by Gasteiger charge is 2.12. The van der Waals surface area contributed by atoms with Crippen LogP contribution < -0.4 is 14.8 Å². The van der Waals surface area contributed by atoms with E-state index >= 15 is 0 Å². The maximum absolute atomic E-state index is 11.8. The highest BCUT2D eigenvalue weighted by atomic mass is 16.6. The van der Waals surface area contributed by atoms with Gasteiger partial charge in [0.1, 0.15) is 11.3 Å². The van der Waals surface area contributed by atoms with Crippen molar-refractivity contribution in [3.05, 3.63) is 61.1 Å². The van der Waals surface area contributed by atoms with Crippen LogP contribution >= 0.6 is 0 Å². The Morgan fingerprint density at radius 1 is 1.11 bits per heavy atom. The van der Waals surface area contributed by atoms with E-state index in [1.54, 1.807) is 49.0 Å². The number of furan rings is 1. The van der Waals surface area contributed by atoms with Gasteiger partial charge in [-0.05, 0) is 18.2 Å². The number of nitrogens with one attached hydrogen (secondary N) is 1. The van der Waals surface area contributed by atoms with Crippen LogP contribution in [0.1, 0.15) is 0 Å². The van der Waals surface area contributed by atoms with Crippen LogP contribution in [0.2, 0.25) is 0 Å². The van der Waals surface area contributed by atoms with Gasteiger partial charge in [-0.25, -0.2) is 4.79 Å². The molecule has 5 nitrogen and oxygen atoms in total. The van der Waals surface area contributed by atoms with E-state index in [1.165, 1.54) is 4.68 Å². The van der Waals surface area contributed by atoms with Crippen molar-refractivity contribution in [3.8, 4) is 5.75 Å². The van der Waals surface area contributed by atoms with Gasteiger partial charge >= 0.3 is 6.09 Å². The molecule has 0 atom stereocenters. The van der Waals surface area contributed by atoms with E-state index in [2.05, 4.69) is 5.43 Å². The van der Waals surface area contributed by atoms with Crippen LogP contribution in [-0.2, 0) is 0 Å². The molecule has 0 radical (unpaired) electrons. The zero-order valence-corrected chi connectivity index (χ0v) is 9.95. The zero-order valence-electron chi connectivity index (χ0n) is 9.95. The van der Waals surface area contributed by atoms with E-state index < -0.39 is 6.09 Å². The van der Waals surface area contributed by atoms with Crippen LogP contribution in [0.3, 0.4) is 0 Å². The highest BCUT2D eigenvalue weighted by molar-refractivity contribution is 5.87. The predicted octanol–water partition coefficient (Wildman–Crippen LogP) is 2.46. The number of carbonyl (C=O) groups is 1. The topological polar surface area (TPSA) is 55.4 Å². The molecule has 2 aromatic heterocycles. The minimum atomic E-state index is -0.565. The summed E-state index contributed by atoms with van der Waals surface area (Å²) in [5.41, 5.74) is 3.25. The molecule has 0 aliphatic carbocycles. The lowest BCUT2D eigenvalue weighted by atomic mass is 10.2. The van der Waals surface area contributed by atoms with E-state index in [-0.39, 0.29) is 0 Å². The Balaban J connectivity index is 1.78. The molecule has 0 unspecified atom stereocenters. The smallest absolute Gasteiger partial charge is 0.464 e. The molecular weight excluding hydrogens is 244 g/mol. The molecule has 0 fully saturated rings. The monoisotopic (exact) mass is 255 g/mol. The van der Waals surface area contributed by atoms with Crippen molar-refractivity contribution >= 4 is 17.1 Å². The molecule has 5 heteroatoms. The first-order valence-electron chi connectivity index (χ1n) is 5.74. The molecule has 3 rings (SSSR count). The molecule has 19 heavy (non-hydrogen) atoms. The Bertz CT molecular complexity index is 707. The van der Waals surface area contributed by atoms with Gasteiger partial charge in [-0.15, -0.1) is 0 Å². The summed E-state index contributed by atoms with van der Waals surface area (Å²) in [7, 11) is 0. The van der Waals surface area contributed by atoms with Gasteiger partial charge in [0.15, 0.2) is 12.4 Å². The third-order valence-corrected chi connectivity index (χ3v) is 2.59. The Kier molecular flexibility index (Phi) is 2.86. The van der Waals surface area contributed by atoms with Crippen molar-refractivity contribution in [1.82, 2.24) is 0 Å². The van der Waals surface area contributed by atoms with Crippen molar-refractivity contribution in [2.75, 3.05) is 5.43 Å². The molecule has 0 aliphatic heterocycles. The van der Waals surface area contributed by atoms with Crippen LogP contribution in [0.4, 0.5) is 4.79 Å². The quantitative estimate of drug-likeness (QED) is 0.716. The second kappa shape index (κ2) is 4.81. The molecule has 0 saturated carbocycles. The number of amides is 1. The average Bonchev–Trinajstić information content (AvgIpc) is 2.89. The fourth-order valence-electron chi connectivity index (χ4n) is 1.76. The van der Waals surface area contributed by atoms with Crippen molar-refractivity contribution in [2.45, 2.75) is 0 Å². The number of hydrogen-bond donors (Lipinski definition) is 1. The second-order valence-corrected chi connectivity index (χ2v) is 3.87. The zero-order chi connectivity index (χ0) is 13.1. The SMILES string of the molecule is O=C(N[n+]1ccccc1)Oc1cccc2occc12. The molecule has 0 bridgehead atoms. The van der Waals surface area contributed by atoms with Crippen molar-refractivity contribution in [2.24, 2.45) is 0 Å². The number of pyridine rings is 1. The average molecular weight is 255 g/mol. The third kappa shape index (κ3) is 2.40. The summed E-state index contributed by atoms with van der Waals surface area (Å²) in [6.07, 6.45) is 4.41. The van der Waals surface area contributed by atoms with Crippen molar-refractivity contribution in [1.29, 1.82) is 0 Å². The van der Waals surface area contributed by atoms with Gasteiger partial charge in [0.25, 0.3) is 0 Å². The molecular formula is C14H11N2O3+. The summed E-state index contributed by atoms with van der Waals surface area (Å²) in [4.78, 5) is 11.8. The Morgan fingerprint density at radius 3 is 2.79 bits per heavy atom. The normalized spacial score (nSPS) is 10.3. The van der Waals surface area contributed by atoms with Crippen LogP contribution in [0.25, 0.3) is 11.0 Å². The number of carbonyl (C=O) groups excluding carboxylic acids is 1. The van der Waals surface area contributed by atoms with Crippen LogP contribution in [0.15, 0.2) is 65.5 Å². The summed E-state index contributed by atoms with van der Waals surface area (Å²) < 4.78 is 12.0. The number of nitrogens with zero attached hydrogens (tertiary/aromatic N) is 1. The fourth-order valence-corrected chi connectivity index (χ4v) is 1.76.